The number of nitrogens with zero attached hydrogens (tertiary/aromatic N) is 3. The zero-order valence-corrected chi connectivity index (χ0v) is 17.3. The van der Waals surface area contributed by atoms with Crippen molar-refractivity contribution in [2.75, 3.05) is 29.6 Å². The zero-order valence-electron chi connectivity index (χ0n) is 17.3. The van der Waals surface area contributed by atoms with Crippen LogP contribution in [0.1, 0.15) is 11.1 Å². The predicted octanol–water partition coefficient (Wildman–Crippen LogP) is 1.50. The van der Waals surface area contributed by atoms with Crippen LogP contribution >= 0.6 is 0 Å². The van der Waals surface area contributed by atoms with E-state index in [9.17, 15) is 14.4 Å². The third-order valence-electron chi connectivity index (χ3n) is 4.87. The molecule has 30 heavy (non-hydrogen) atoms. The van der Waals surface area contributed by atoms with Gasteiger partial charge in [-0.15, -0.1) is 0 Å². The van der Waals surface area contributed by atoms with E-state index in [1.54, 1.807) is 0 Å². The summed E-state index contributed by atoms with van der Waals surface area (Å²) in [5, 5.41) is 0. The highest BCUT2D eigenvalue weighted by molar-refractivity contribution is 5.96. The molecule has 1 amide bonds. The van der Waals surface area contributed by atoms with Crippen LogP contribution in [0.5, 0.6) is 0 Å². The van der Waals surface area contributed by atoms with Gasteiger partial charge in [-0.2, -0.15) is 0 Å². The number of anilines is 3. The van der Waals surface area contributed by atoms with Crippen LogP contribution in [0.4, 0.5) is 17.2 Å². The van der Waals surface area contributed by atoms with Gasteiger partial charge in [0.15, 0.2) is 5.69 Å². The van der Waals surface area contributed by atoms with Crippen molar-refractivity contribution in [1.29, 1.82) is 0 Å². The Morgan fingerprint density at radius 3 is 2.23 bits per heavy atom. The minimum absolute atomic E-state index is 0.0316. The lowest BCUT2D eigenvalue weighted by molar-refractivity contribution is -0.118. The summed E-state index contributed by atoms with van der Waals surface area (Å²) < 4.78 is 0.906. The molecule has 0 aliphatic rings. The summed E-state index contributed by atoms with van der Waals surface area (Å²) in [6, 6.07) is 16.9. The number of carbonyl (C=O) groups is 1. The average molecular weight is 407 g/mol. The second-order valence-electron chi connectivity index (χ2n) is 7.26. The minimum atomic E-state index is -0.632. The van der Waals surface area contributed by atoms with Crippen molar-refractivity contribution in [2.45, 2.75) is 13.0 Å². The number of nitrogens with one attached hydrogen (secondary N) is 1. The van der Waals surface area contributed by atoms with E-state index in [4.69, 9.17) is 5.73 Å². The molecule has 0 unspecified atom stereocenters. The zero-order chi connectivity index (χ0) is 21.8. The number of H-pyrrole nitrogens is 1. The molecular weight excluding hydrogens is 382 g/mol. The highest BCUT2D eigenvalue weighted by Crippen LogP contribution is 2.20. The van der Waals surface area contributed by atoms with Crippen molar-refractivity contribution in [3.63, 3.8) is 0 Å². The van der Waals surface area contributed by atoms with Crippen LogP contribution in [-0.4, -0.2) is 29.6 Å². The molecule has 1 aromatic heterocycles. The molecule has 3 rings (SSSR count). The second-order valence-corrected chi connectivity index (χ2v) is 7.26. The van der Waals surface area contributed by atoms with Crippen LogP contribution < -0.4 is 26.8 Å². The summed E-state index contributed by atoms with van der Waals surface area (Å²) in [5.74, 6) is -0.428. The number of hydrogen-bond donors (Lipinski definition) is 2. The van der Waals surface area contributed by atoms with Crippen LogP contribution in [0, 0.1) is 0 Å². The molecular formula is C22H25N5O3. The van der Waals surface area contributed by atoms with Crippen LogP contribution in [0.15, 0.2) is 64.2 Å². The summed E-state index contributed by atoms with van der Waals surface area (Å²) in [6.07, 6.45) is 0.0856. The van der Waals surface area contributed by atoms with Gasteiger partial charge in [0, 0.05) is 26.8 Å². The smallest absolute Gasteiger partial charge is 0.329 e. The van der Waals surface area contributed by atoms with Crippen LogP contribution in [0.3, 0.4) is 0 Å². The van der Waals surface area contributed by atoms with Crippen molar-refractivity contribution in [1.82, 2.24) is 9.55 Å². The Labute approximate surface area is 174 Å². The summed E-state index contributed by atoms with van der Waals surface area (Å²) in [4.78, 5) is 43.6. The first kappa shape index (κ1) is 20.9. The molecule has 0 saturated carbocycles. The van der Waals surface area contributed by atoms with Gasteiger partial charge in [0.2, 0.25) is 5.91 Å². The quantitative estimate of drug-likeness (QED) is 0.644. The van der Waals surface area contributed by atoms with E-state index in [0.717, 1.165) is 21.4 Å². The van der Waals surface area contributed by atoms with Crippen molar-refractivity contribution < 1.29 is 4.79 Å². The summed E-state index contributed by atoms with van der Waals surface area (Å²) in [7, 11) is 5.22. The Balaban J connectivity index is 2.00. The molecule has 3 aromatic rings. The molecule has 3 N–H and O–H groups in total. The molecule has 0 atom stereocenters. The van der Waals surface area contributed by atoms with Gasteiger partial charge in [0.05, 0.1) is 13.0 Å². The molecule has 0 bridgehead atoms. The van der Waals surface area contributed by atoms with E-state index < -0.39 is 11.2 Å². The third-order valence-corrected chi connectivity index (χ3v) is 4.87. The molecule has 2 aromatic carbocycles. The summed E-state index contributed by atoms with van der Waals surface area (Å²) >= 11 is 0. The van der Waals surface area contributed by atoms with Crippen molar-refractivity contribution in [3.05, 3.63) is 86.6 Å². The van der Waals surface area contributed by atoms with Gasteiger partial charge >= 0.3 is 5.69 Å². The number of aromatic nitrogens is 2. The molecule has 156 valence electrons. The number of rotatable bonds is 6. The normalized spacial score (nSPS) is 10.6. The van der Waals surface area contributed by atoms with Gasteiger partial charge in [0.1, 0.15) is 5.82 Å². The van der Waals surface area contributed by atoms with Gasteiger partial charge in [-0.1, -0.05) is 42.5 Å². The van der Waals surface area contributed by atoms with Gasteiger partial charge in [-0.3, -0.25) is 24.0 Å². The molecule has 0 radical (unpaired) electrons. The van der Waals surface area contributed by atoms with Crippen LogP contribution in [-0.2, 0) is 24.8 Å². The minimum Gasteiger partial charge on any atom is -0.383 e. The highest BCUT2D eigenvalue weighted by Gasteiger charge is 2.24. The Morgan fingerprint density at radius 1 is 1.00 bits per heavy atom. The molecule has 0 saturated heterocycles. The van der Waals surface area contributed by atoms with Gasteiger partial charge in [-0.25, -0.2) is 4.79 Å². The largest absolute Gasteiger partial charge is 0.383 e. The van der Waals surface area contributed by atoms with E-state index >= 15 is 0 Å². The van der Waals surface area contributed by atoms with Crippen LogP contribution in [0.25, 0.3) is 0 Å². The first-order valence-corrected chi connectivity index (χ1v) is 9.47. The van der Waals surface area contributed by atoms with Crippen molar-refractivity contribution in [3.8, 4) is 0 Å². The monoisotopic (exact) mass is 407 g/mol. The lowest BCUT2D eigenvalue weighted by Crippen LogP contribution is -2.42. The van der Waals surface area contributed by atoms with E-state index in [2.05, 4.69) is 4.98 Å². The number of carbonyl (C=O) groups excluding carboxylic acids is 1. The van der Waals surface area contributed by atoms with E-state index in [0.29, 0.717) is 0 Å². The fourth-order valence-corrected chi connectivity index (χ4v) is 3.13. The molecule has 1 heterocycles. The Kier molecular flexibility index (Phi) is 6.06. The van der Waals surface area contributed by atoms with Crippen molar-refractivity contribution >= 4 is 23.1 Å². The first-order chi connectivity index (χ1) is 14.3. The third kappa shape index (κ3) is 4.43. The fourth-order valence-electron chi connectivity index (χ4n) is 3.13. The topological polar surface area (TPSA) is 104 Å². The molecule has 0 aliphatic heterocycles. The molecule has 0 fully saturated rings. The molecule has 0 spiro atoms. The maximum atomic E-state index is 13.3. The maximum Gasteiger partial charge on any atom is 0.329 e. The van der Waals surface area contributed by atoms with Crippen LogP contribution in [0.2, 0.25) is 0 Å². The van der Waals surface area contributed by atoms with E-state index in [-0.39, 0.29) is 30.4 Å². The second kappa shape index (κ2) is 8.69. The molecule has 8 nitrogen and oxygen atoms in total. The number of nitrogens with two attached hydrogens (primary N) is 1. The number of aromatic amines is 1. The Hall–Kier alpha value is -3.81. The first-order valence-electron chi connectivity index (χ1n) is 9.47. The maximum absolute atomic E-state index is 13.3. The highest BCUT2D eigenvalue weighted by atomic mass is 16.2. The molecule has 8 heteroatoms. The lowest BCUT2D eigenvalue weighted by Gasteiger charge is -2.24. The SMILES string of the molecule is CN(C)c1ccc(CC(=O)N(Cc2ccccc2)c2c(N)[nH]c(=O)n(C)c2=O)cc1. The predicted molar refractivity (Wildman–Crippen MR) is 119 cm³/mol. The number of hydrogen-bond acceptors (Lipinski definition) is 5. The number of amides is 1. The summed E-state index contributed by atoms with van der Waals surface area (Å²) in [5.41, 5.74) is 7.34. The lowest BCUT2D eigenvalue weighted by atomic mass is 10.1. The fraction of sp³-hybridized carbons (Fsp3) is 0.227. The summed E-state index contributed by atoms with van der Waals surface area (Å²) in [6.45, 7) is 0.154. The number of nitrogen functional groups attached to an aromatic ring is 1. The Morgan fingerprint density at radius 2 is 1.63 bits per heavy atom. The van der Waals surface area contributed by atoms with Crippen molar-refractivity contribution in [2.24, 2.45) is 7.05 Å². The average Bonchev–Trinajstić information content (AvgIpc) is 2.72. The van der Waals surface area contributed by atoms with Gasteiger partial charge in [0.25, 0.3) is 5.56 Å². The van der Waals surface area contributed by atoms with Gasteiger partial charge < -0.3 is 10.6 Å². The Bertz CT molecular complexity index is 1150. The van der Waals surface area contributed by atoms with E-state index in [1.807, 2.05) is 73.6 Å². The number of benzene rings is 2. The molecule has 0 aliphatic carbocycles. The van der Waals surface area contributed by atoms with E-state index in [1.165, 1.54) is 11.9 Å². The van der Waals surface area contributed by atoms with Gasteiger partial charge in [-0.05, 0) is 23.3 Å². The standard InChI is InChI=1S/C22H25N5O3/c1-25(2)17-11-9-15(10-12-17)13-18(28)27(14-16-7-5-4-6-8-16)19-20(23)24-22(30)26(3)21(19)29/h4-12H,13-14,23H2,1-3H3,(H,24,30).